The lowest BCUT2D eigenvalue weighted by molar-refractivity contribution is -0.192. The third kappa shape index (κ3) is 5.55. The summed E-state index contributed by atoms with van der Waals surface area (Å²) in [4.78, 5) is 38.0. The van der Waals surface area contributed by atoms with Gasteiger partial charge in [-0.25, -0.2) is 4.79 Å². The number of halogens is 3. The maximum absolute atomic E-state index is 12.8. The number of benzene rings is 1. The van der Waals surface area contributed by atoms with Crippen molar-refractivity contribution in [2.45, 2.75) is 43.8 Å². The van der Waals surface area contributed by atoms with Crippen LogP contribution < -0.4 is 5.32 Å². The SMILES string of the molecule is CCN1CCNC(=O)C1CC(=O)N1CCC2(C=Cc3ccccc32)CC1.O=C(O)C(F)(F)F. The highest BCUT2D eigenvalue weighted by molar-refractivity contribution is 5.89. The fourth-order valence-electron chi connectivity index (χ4n) is 4.68. The Balaban J connectivity index is 0.000000383. The Labute approximate surface area is 190 Å². The predicted octanol–water partition coefficient (Wildman–Crippen LogP) is 2.42. The molecule has 2 amide bonds. The molecule has 1 unspecified atom stereocenters. The van der Waals surface area contributed by atoms with Crippen molar-refractivity contribution in [2.24, 2.45) is 0 Å². The monoisotopic (exact) mass is 467 g/mol. The number of nitrogens with one attached hydrogen (secondary N) is 1. The van der Waals surface area contributed by atoms with Gasteiger partial charge in [-0.05, 0) is 30.5 Å². The van der Waals surface area contributed by atoms with Crippen LogP contribution in [0.15, 0.2) is 30.3 Å². The zero-order valence-corrected chi connectivity index (χ0v) is 18.4. The number of fused-ring (bicyclic) bond motifs is 2. The van der Waals surface area contributed by atoms with Gasteiger partial charge in [0.1, 0.15) is 0 Å². The van der Waals surface area contributed by atoms with E-state index in [9.17, 15) is 22.8 Å². The number of nitrogens with zero attached hydrogens (tertiary/aromatic N) is 2. The first kappa shape index (κ1) is 24.8. The van der Waals surface area contributed by atoms with Gasteiger partial charge in [0.15, 0.2) is 0 Å². The first-order valence-electron chi connectivity index (χ1n) is 11.0. The summed E-state index contributed by atoms with van der Waals surface area (Å²) in [7, 11) is 0. The number of carbonyl (C=O) groups excluding carboxylic acids is 2. The number of amides is 2. The van der Waals surface area contributed by atoms with E-state index in [1.54, 1.807) is 0 Å². The lowest BCUT2D eigenvalue weighted by atomic mass is 9.74. The molecular weight excluding hydrogens is 439 g/mol. The van der Waals surface area contributed by atoms with Gasteiger partial charge in [0.2, 0.25) is 11.8 Å². The molecule has 10 heteroatoms. The minimum absolute atomic E-state index is 0.00687. The highest BCUT2D eigenvalue weighted by Crippen LogP contribution is 2.43. The van der Waals surface area contributed by atoms with E-state index < -0.39 is 12.1 Å². The lowest BCUT2D eigenvalue weighted by Crippen LogP contribution is -2.57. The number of rotatable bonds is 3. The number of carboxylic acid groups (broad SMARTS) is 1. The van der Waals surface area contributed by atoms with Crippen LogP contribution in [0, 0.1) is 0 Å². The Morgan fingerprint density at radius 1 is 1.18 bits per heavy atom. The number of alkyl halides is 3. The first-order chi connectivity index (χ1) is 15.6. The fourth-order valence-corrected chi connectivity index (χ4v) is 4.68. The van der Waals surface area contributed by atoms with Crippen LogP contribution in [-0.2, 0) is 19.8 Å². The summed E-state index contributed by atoms with van der Waals surface area (Å²) in [6.45, 7) is 5.87. The van der Waals surface area contributed by atoms with Gasteiger partial charge in [-0.3, -0.25) is 14.5 Å². The predicted molar refractivity (Wildman–Crippen MR) is 115 cm³/mol. The number of likely N-dealkylation sites (N-methyl/N-ethyl adjacent to an activating group) is 1. The Morgan fingerprint density at radius 3 is 2.42 bits per heavy atom. The number of carboxylic acids is 1. The number of allylic oxidation sites excluding steroid dienone is 1. The van der Waals surface area contributed by atoms with Crippen LogP contribution in [0.25, 0.3) is 6.08 Å². The summed E-state index contributed by atoms with van der Waals surface area (Å²) in [6.07, 6.45) is 1.67. The lowest BCUT2D eigenvalue weighted by Gasteiger charge is -2.40. The number of hydrogen-bond donors (Lipinski definition) is 2. The smallest absolute Gasteiger partial charge is 0.475 e. The van der Waals surface area contributed by atoms with Gasteiger partial charge in [-0.15, -0.1) is 0 Å². The van der Waals surface area contributed by atoms with E-state index in [2.05, 4.69) is 46.6 Å². The van der Waals surface area contributed by atoms with Gasteiger partial charge in [0, 0.05) is 31.6 Å². The largest absolute Gasteiger partial charge is 0.490 e. The molecule has 1 aromatic rings. The van der Waals surface area contributed by atoms with Crippen LogP contribution in [0.4, 0.5) is 13.2 Å². The topological polar surface area (TPSA) is 90.0 Å². The Hall–Kier alpha value is -2.88. The molecule has 1 aromatic carbocycles. The second-order valence-corrected chi connectivity index (χ2v) is 8.40. The van der Waals surface area contributed by atoms with Crippen LogP contribution in [0.1, 0.15) is 37.3 Å². The fraction of sp³-hybridized carbons (Fsp3) is 0.522. The van der Waals surface area contributed by atoms with E-state index in [1.165, 1.54) is 11.1 Å². The molecule has 2 N–H and O–H groups in total. The van der Waals surface area contributed by atoms with Gasteiger partial charge < -0.3 is 15.3 Å². The van der Waals surface area contributed by atoms with E-state index in [4.69, 9.17) is 9.90 Å². The van der Waals surface area contributed by atoms with E-state index in [0.717, 1.165) is 39.0 Å². The number of hydrogen-bond acceptors (Lipinski definition) is 4. The second-order valence-electron chi connectivity index (χ2n) is 8.40. The Kier molecular flexibility index (Phi) is 7.46. The van der Waals surface area contributed by atoms with Crippen LogP contribution in [0.3, 0.4) is 0 Å². The Bertz CT molecular complexity index is 924. The third-order valence-corrected chi connectivity index (χ3v) is 6.55. The summed E-state index contributed by atoms with van der Waals surface area (Å²) >= 11 is 0. The quantitative estimate of drug-likeness (QED) is 0.713. The summed E-state index contributed by atoms with van der Waals surface area (Å²) in [5.41, 5.74) is 2.80. The van der Waals surface area contributed by atoms with Crippen LogP contribution in [-0.4, -0.2) is 77.6 Å². The summed E-state index contributed by atoms with van der Waals surface area (Å²) < 4.78 is 31.7. The average molecular weight is 467 g/mol. The molecule has 7 nitrogen and oxygen atoms in total. The molecule has 1 atom stereocenters. The van der Waals surface area contributed by atoms with Crippen molar-refractivity contribution in [1.29, 1.82) is 0 Å². The zero-order chi connectivity index (χ0) is 24.2. The highest BCUT2D eigenvalue weighted by atomic mass is 19.4. The number of aliphatic carboxylic acids is 1. The van der Waals surface area contributed by atoms with Crippen molar-refractivity contribution in [3.8, 4) is 0 Å². The van der Waals surface area contributed by atoms with Gasteiger partial charge >= 0.3 is 12.1 Å². The number of likely N-dealkylation sites (tertiary alicyclic amines) is 1. The van der Waals surface area contributed by atoms with E-state index >= 15 is 0 Å². The molecule has 2 heterocycles. The number of carbonyl (C=O) groups is 3. The standard InChI is InChI=1S/C21H27N3O2.C2HF3O2/c1-2-23-14-11-22-20(26)18(23)15-19(25)24-12-9-21(10-13-24)8-7-16-5-3-4-6-17(16)21;3-2(4,5)1(6)7/h3-8,18H,2,9-15H2,1H3,(H,22,26);(H,6,7). The summed E-state index contributed by atoms with van der Waals surface area (Å²) in [5, 5.41) is 10.0. The molecule has 2 fully saturated rings. The summed E-state index contributed by atoms with van der Waals surface area (Å²) in [5.74, 6) is -2.66. The minimum Gasteiger partial charge on any atom is -0.475 e. The molecule has 0 bridgehead atoms. The molecule has 0 radical (unpaired) electrons. The second kappa shape index (κ2) is 9.94. The van der Waals surface area contributed by atoms with Crippen molar-refractivity contribution < 1.29 is 32.7 Å². The van der Waals surface area contributed by atoms with E-state index in [-0.39, 0.29) is 23.3 Å². The van der Waals surface area contributed by atoms with Crippen molar-refractivity contribution in [2.75, 3.05) is 32.7 Å². The van der Waals surface area contributed by atoms with Crippen molar-refractivity contribution >= 4 is 23.9 Å². The van der Waals surface area contributed by atoms with Crippen LogP contribution in [0.2, 0.25) is 0 Å². The molecule has 2 saturated heterocycles. The van der Waals surface area contributed by atoms with Gasteiger partial charge in [0.25, 0.3) is 0 Å². The van der Waals surface area contributed by atoms with Crippen molar-refractivity contribution in [1.82, 2.24) is 15.1 Å². The van der Waals surface area contributed by atoms with Gasteiger partial charge in [-0.1, -0.05) is 43.3 Å². The normalized spacial score (nSPS) is 21.8. The molecule has 4 rings (SSSR count). The Morgan fingerprint density at radius 2 is 1.82 bits per heavy atom. The molecule has 0 aromatic heterocycles. The van der Waals surface area contributed by atoms with Crippen LogP contribution in [0.5, 0.6) is 0 Å². The minimum atomic E-state index is -5.08. The van der Waals surface area contributed by atoms with Crippen LogP contribution >= 0.6 is 0 Å². The van der Waals surface area contributed by atoms with Crippen molar-refractivity contribution in [3.05, 3.63) is 41.5 Å². The molecule has 0 saturated carbocycles. The number of piperidine rings is 1. The summed E-state index contributed by atoms with van der Waals surface area (Å²) in [6, 6.07) is 8.25. The molecule has 2 aliphatic heterocycles. The maximum atomic E-state index is 12.8. The molecule has 3 aliphatic rings. The maximum Gasteiger partial charge on any atom is 0.490 e. The molecule has 180 valence electrons. The first-order valence-corrected chi connectivity index (χ1v) is 11.0. The number of piperazine rings is 1. The third-order valence-electron chi connectivity index (χ3n) is 6.55. The van der Waals surface area contributed by atoms with E-state index in [1.807, 2.05) is 11.8 Å². The molecular formula is C23H28F3N3O4. The van der Waals surface area contributed by atoms with Gasteiger partial charge in [-0.2, -0.15) is 13.2 Å². The van der Waals surface area contributed by atoms with Gasteiger partial charge in [0.05, 0.1) is 12.5 Å². The highest BCUT2D eigenvalue weighted by Gasteiger charge is 2.40. The van der Waals surface area contributed by atoms with E-state index in [0.29, 0.717) is 13.0 Å². The average Bonchev–Trinajstić information content (AvgIpc) is 3.13. The molecule has 1 aliphatic carbocycles. The zero-order valence-electron chi connectivity index (χ0n) is 18.4. The van der Waals surface area contributed by atoms with Crippen molar-refractivity contribution in [3.63, 3.8) is 0 Å². The molecule has 1 spiro atoms. The molecule has 33 heavy (non-hydrogen) atoms.